The maximum Gasteiger partial charge on any atom is 0.410 e. The number of likely N-dealkylation sites (tertiary alicyclic amines) is 1. The zero-order chi connectivity index (χ0) is 17.7. The summed E-state index contributed by atoms with van der Waals surface area (Å²) in [6, 6.07) is 0. The number of amides is 1. The van der Waals surface area contributed by atoms with Crippen molar-refractivity contribution >= 4 is 6.09 Å². The van der Waals surface area contributed by atoms with E-state index >= 15 is 0 Å². The topological polar surface area (TPSA) is 78.5 Å². The molecule has 1 fully saturated rings. The van der Waals surface area contributed by atoms with Crippen LogP contribution in [0, 0.1) is 0 Å². The lowest BCUT2D eigenvalue weighted by molar-refractivity contribution is 0.00212. The minimum absolute atomic E-state index is 0.256. The van der Waals surface area contributed by atoms with Gasteiger partial charge in [-0.3, -0.25) is 0 Å². The molecule has 1 spiro atoms. The summed E-state index contributed by atoms with van der Waals surface area (Å²) in [5, 5.41) is 0. The zero-order valence-electron chi connectivity index (χ0n) is 14.9. The van der Waals surface area contributed by atoms with Crippen molar-refractivity contribution in [3.05, 3.63) is 21.0 Å². The number of rotatable bonds is 0. The van der Waals surface area contributed by atoms with Crippen LogP contribution in [0.15, 0.2) is 9.59 Å². The smallest absolute Gasteiger partial charge is 0.410 e. The number of nitrogens with zero attached hydrogens (tertiary/aromatic N) is 4. The lowest BCUT2D eigenvalue weighted by Gasteiger charge is -2.44. The van der Waals surface area contributed by atoms with E-state index < -0.39 is 5.60 Å². The average Bonchev–Trinajstić information content (AvgIpc) is 2.72. The second-order valence-corrected chi connectivity index (χ2v) is 7.85. The van der Waals surface area contributed by atoms with Gasteiger partial charge < -0.3 is 9.64 Å². The molecule has 8 heteroatoms. The molecule has 8 nitrogen and oxygen atoms in total. The molecule has 134 valence electrons. The Labute approximate surface area is 140 Å². The molecular weight excluding hydrogens is 312 g/mol. The van der Waals surface area contributed by atoms with Crippen LogP contribution in [0.25, 0.3) is 0 Å². The highest BCUT2D eigenvalue weighted by Crippen LogP contribution is 2.36. The van der Waals surface area contributed by atoms with Gasteiger partial charge in [-0.05, 0) is 46.5 Å². The minimum Gasteiger partial charge on any atom is -0.444 e. The Morgan fingerprint density at radius 3 is 2.25 bits per heavy atom. The molecule has 1 amide bonds. The Morgan fingerprint density at radius 2 is 1.67 bits per heavy atom. The molecule has 3 rings (SSSR count). The first-order valence-electron chi connectivity index (χ1n) is 8.52. The number of carbonyl (C=O) groups excluding carboxylic acids is 1. The number of hydrogen-bond donors (Lipinski definition) is 0. The maximum atomic E-state index is 12.5. The molecule has 0 N–H and O–H groups in total. The molecule has 0 aromatic carbocycles. The molecule has 0 atom stereocenters. The van der Waals surface area contributed by atoms with Gasteiger partial charge in [-0.1, -0.05) is 0 Å². The normalized spacial score (nSPS) is 20.1. The fourth-order valence-corrected chi connectivity index (χ4v) is 3.80. The molecule has 0 radical (unpaired) electrons. The molecule has 0 saturated carbocycles. The van der Waals surface area contributed by atoms with Crippen molar-refractivity contribution in [2.75, 3.05) is 13.1 Å². The Kier molecular flexibility index (Phi) is 3.88. The molecule has 1 aromatic heterocycles. The van der Waals surface area contributed by atoms with Crippen LogP contribution in [0.4, 0.5) is 4.79 Å². The number of aromatic nitrogens is 3. The highest BCUT2D eigenvalue weighted by molar-refractivity contribution is 5.68. The first-order valence-corrected chi connectivity index (χ1v) is 8.52. The molecule has 1 saturated heterocycles. The van der Waals surface area contributed by atoms with Crippen molar-refractivity contribution in [2.24, 2.45) is 7.05 Å². The van der Waals surface area contributed by atoms with Crippen LogP contribution in [0.2, 0.25) is 0 Å². The molecule has 0 aliphatic carbocycles. The predicted octanol–water partition coefficient (Wildman–Crippen LogP) is 0.868. The average molecular weight is 338 g/mol. The van der Waals surface area contributed by atoms with E-state index in [4.69, 9.17) is 4.74 Å². The summed E-state index contributed by atoms with van der Waals surface area (Å²) in [7, 11) is 1.52. The third kappa shape index (κ3) is 2.67. The Balaban J connectivity index is 1.83. The molecule has 24 heavy (non-hydrogen) atoms. The third-order valence-electron chi connectivity index (χ3n) is 5.02. The number of carbonyl (C=O) groups is 1. The molecule has 0 unspecified atom stereocenters. The van der Waals surface area contributed by atoms with E-state index in [0.717, 1.165) is 12.8 Å². The van der Waals surface area contributed by atoms with Crippen LogP contribution >= 0.6 is 0 Å². The quantitative estimate of drug-likeness (QED) is 0.703. The Morgan fingerprint density at radius 1 is 1.04 bits per heavy atom. The van der Waals surface area contributed by atoms with Crippen LogP contribution < -0.4 is 11.4 Å². The van der Waals surface area contributed by atoms with Crippen molar-refractivity contribution in [3.63, 3.8) is 0 Å². The largest absolute Gasteiger partial charge is 0.444 e. The fourth-order valence-electron chi connectivity index (χ4n) is 3.80. The van der Waals surface area contributed by atoms with Gasteiger partial charge in [0.2, 0.25) is 0 Å². The zero-order valence-corrected chi connectivity index (χ0v) is 14.9. The summed E-state index contributed by atoms with van der Waals surface area (Å²) in [6.45, 7) is 7.18. The van der Waals surface area contributed by atoms with E-state index in [0.29, 0.717) is 32.5 Å². The van der Waals surface area contributed by atoms with E-state index in [9.17, 15) is 14.4 Å². The van der Waals surface area contributed by atoms with E-state index in [1.165, 1.54) is 11.6 Å². The van der Waals surface area contributed by atoms with Gasteiger partial charge in [0, 0.05) is 26.7 Å². The van der Waals surface area contributed by atoms with Crippen molar-refractivity contribution in [1.29, 1.82) is 0 Å². The van der Waals surface area contributed by atoms with Crippen LogP contribution in [0.3, 0.4) is 0 Å². The minimum atomic E-state index is -0.520. The highest BCUT2D eigenvalue weighted by Gasteiger charge is 2.43. The molecule has 3 heterocycles. The van der Waals surface area contributed by atoms with Crippen LogP contribution in [-0.4, -0.2) is 43.6 Å². The van der Waals surface area contributed by atoms with Gasteiger partial charge in [-0.2, -0.15) is 0 Å². The predicted molar refractivity (Wildman–Crippen MR) is 88.2 cm³/mol. The molecule has 2 aliphatic heterocycles. The first kappa shape index (κ1) is 16.9. The summed E-state index contributed by atoms with van der Waals surface area (Å²) in [5.41, 5.74) is -1.40. The lowest BCUT2D eigenvalue weighted by atomic mass is 9.82. The molecule has 1 aromatic rings. The number of hydrogen-bond acceptors (Lipinski definition) is 4. The van der Waals surface area contributed by atoms with Crippen molar-refractivity contribution in [3.8, 4) is 0 Å². The molecule has 2 aliphatic rings. The summed E-state index contributed by atoms with van der Waals surface area (Å²) in [6.07, 6.45) is 2.74. The van der Waals surface area contributed by atoms with Gasteiger partial charge >= 0.3 is 17.5 Å². The van der Waals surface area contributed by atoms with Crippen molar-refractivity contribution < 1.29 is 9.53 Å². The Hall–Kier alpha value is -1.99. The second kappa shape index (κ2) is 5.53. The standard InChI is InChI=1S/C16H26N4O4/c1-15(2,3)24-14(23)18-10-7-16(8-11-18)6-5-9-19-12(21)17(4)13(22)20(16)19/h5-11H2,1-4H3. The summed E-state index contributed by atoms with van der Waals surface area (Å²) >= 11 is 0. The lowest BCUT2D eigenvalue weighted by Crippen LogP contribution is -2.55. The summed E-state index contributed by atoms with van der Waals surface area (Å²) in [4.78, 5) is 38.6. The van der Waals surface area contributed by atoms with E-state index in [2.05, 4.69) is 0 Å². The summed E-state index contributed by atoms with van der Waals surface area (Å²) in [5.74, 6) is 0. The Bertz CT molecular complexity index is 757. The van der Waals surface area contributed by atoms with E-state index in [-0.39, 0.29) is 23.0 Å². The monoisotopic (exact) mass is 338 g/mol. The molecule has 0 bridgehead atoms. The highest BCUT2D eigenvalue weighted by atomic mass is 16.6. The maximum absolute atomic E-state index is 12.5. The fraction of sp³-hybridized carbons (Fsp3) is 0.812. The van der Waals surface area contributed by atoms with Crippen LogP contribution in [-0.2, 0) is 23.9 Å². The number of fused-ring (bicyclic) bond motifs is 2. The second-order valence-electron chi connectivity index (χ2n) is 7.85. The van der Waals surface area contributed by atoms with Crippen molar-refractivity contribution in [2.45, 2.75) is 64.1 Å². The van der Waals surface area contributed by atoms with Gasteiger partial charge in [-0.25, -0.2) is 28.3 Å². The van der Waals surface area contributed by atoms with Crippen molar-refractivity contribution in [1.82, 2.24) is 18.8 Å². The molecular formula is C16H26N4O4. The van der Waals surface area contributed by atoms with Crippen LogP contribution in [0.1, 0.15) is 46.5 Å². The van der Waals surface area contributed by atoms with E-state index in [1.54, 1.807) is 14.3 Å². The first-order chi connectivity index (χ1) is 11.1. The van der Waals surface area contributed by atoms with Gasteiger partial charge in [0.05, 0.1) is 5.54 Å². The van der Waals surface area contributed by atoms with Gasteiger partial charge in [-0.15, -0.1) is 0 Å². The third-order valence-corrected chi connectivity index (χ3v) is 5.02. The SMILES string of the molecule is Cn1c(=O)n2n(c1=O)C1(CCC2)CCN(C(=O)OC(C)(C)C)CC1. The van der Waals surface area contributed by atoms with Gasteiger partial charge in [0.25, 0.3) is 0 Å². The van der Waals surface area contributed by atoms with Crippen LogP contribution in [0.5, 0.6) is 0 Å². The van der Waals surface area contributed by atoms with E-state index in [1.807, 2.05) is 20.8 Å². The number of piperidine rings is 1. The van der Waals surface area contributed by atoms with Gasteiger partial charge in [0.1, 0.15) is 5.60 Å². The summed E-state index contributed by atoms with van der Waals surface area (Å²) < 4.78 is 9.81. The number of ether oxygens (including phenoxy) is 1. The van der Waals surface area contributed by atoms with Gasteiger partial charge in [0.15, 0.2) is 0 Å².